The van der Waals surface area contributed by atoms with Crippen molar-refractivity contribution in [1.29, 1.82) is 0 Å². The van der Waals surface area contributed by atoms with Crippen molar-refractivity contribution in [3.8, 4) is 33.6 Å². The van der Waals surface area contributed by atoms with Gasteiger partial charge in [0.1, 0.15) is 11.5 Å². The number of pyridine rings is 2. The summed E-state index contributed by atoms with van der Waals surface area (Å²) in [7, 11) is -1.43. The van der Waals surface area contributed by atoms with Crippen LogP contribution in [0.15, 0.2) is 110 Å². The fourth-order valence-electron chi connectivity index (χ4n) is 5.52. The van der Waals surface area contributed by atoms with Gasteiger partial charge >= 0.3 is 0 Å². The van der Waals surface area contributed by atoms with Gasteiger partial charge in [-0.1, -0.05) is 60.8 Å². The van der Waals surface area contributed by atoms with E-state index in [1.165, 1.54) is 0 Å². The van der Waals surface area contributed by atoms with Crippen LogP contribution in [0.2, 0.25) is 0 Å². The molecule has 0 radical (unpaired) electrons. The Morgan fingerprint density at radius 3 is 2.52 bits per heavy atom. The molecule has 7 rings (SSSR count). The molecule has 46 heavy (non-hydrogen) atoms. The molecule has 0 fully saturated rings. The van der Waals surface area contributed by atoms with Gasteiger partial charge < -0.3 is 10.3 Å². The van der Waals surface area contributed by atoms with E-state index in [-0.39, 0.29) is 5.82 Å². The summed E-state index contributed by atoms with van der Waals surface area (Å²) in [4.78, 5) is 12.6. The van der Waals surface area contributed by atoms with E-state index in [1.54, 1.807) is 18.3 Å². The molecule has 0 amide bonds. The molecule has 4 aromatic heterocycles. The standard InChI is InChI=1S/C37H32FN7S/c1-23(25-9-6-5-7-10-25)42-30-16-27(20-39-22-30)28-17-33-36(44-45-37(33)40-21-28)35-18-32-31(11-8-12-34(32)43-35)26-13-24(14-29(38)15-26)19-41-46(2,3)4/h5-18,20-22,41-43H,1-3,19H2,4H3,(H,40,44,45). The van der Waals surface area contributed by atoms with Crippen molar-refractivity contribution in [1.82, 2.24) is 29.9 Å². The summed E-state index contributed by atoms with van der Waals surface area (Å²) in [6.07, 6.45) is 7.35. The third-order valence-electron chi connectivity index (χ3n) is 7.72. The molecule has 0 aliphatic carbocycles. The average Bonchev–Trinajstić information content (AvgIpc) is 3.68. The predicted octanol–water partition coefficient (Wildman–Crippen LogP) is 8.36. The number of hydrogen-bond acceptors (Lipinski definition) is 5. The minimum Gasteiger partial charge on any atom is -0.354 e. The van der Waals surface area contributed by atoms with Crippen molar-refractivity contribution in [2.75, 3.05) is 11.6 Å². The number of rotatable bonds is 9. The van der Waals surface area contributed by atoms with E-state index in [2.05, 4.69) is 65.6 Å². The van der Waals surface area contributed by atoms with Gasteiger partial charge in [0.05, 0.1) is 17.6 Å². The van der Waals surface area contributed by atoms with Crippen LogP contribution in [0, 0.1) is 5.82 Å². The Kier molecular flexibility index (Phi) is 7.48. The van der Waals surface area contributed by atoms with Gasteiger partial charge in [-0.2, -0.15) is 14.5 Å². The fourth-order valence-corrected chi connectivity index (χ4v) is 6.03. The molecule has 228 valence electrons. The van der Waals surface area contributed by atoms with E-state index >= 15 is 0 Å². The smallest absolute Gasteiger partial charge is 0.155 e. The number of anilines is 1. The van der Waals surface area contributed by atoms with Crippen molar-refractivity contribution >= 4 is 54.5 Å². The first-order chi connectivity index (χ1) is 22.2. The number of fused-ring (bicyclic) bond motifs is 2. The number of halogens is 1. The zero-order chi connectivity index (χ0) is 31.8. The second-order valence-corrected chi connectivity index (χ2v) is 14.4. The van der Waals surface area contributed by atoms with E-state index in [9.17, 15) is 4.39 Å². The Morgan fingerprint density at radius 1 is 0.870 bits per heavy atom. The number of hydrogen-bond donors (Lipinski definition) is 4. The summed E-state index contributed by atoms with van der Waals surface area (Å²) in [6, 6.07) is 27.2. The molecule has 4 heterocycles. The maximum Gasteiger partial charge on any atom is 0.155 e. The zero-order valence-electron chi connectivity index (χ0n) is 25.3. The van der Waals surface area contributed by atoms with E-state index < -0.39 is 9.39 Å². The highest BCUT2D eigenvalue weighted by atomic mass is 32.2. The van der Waals surface area contributed by atoms with Gasteiger partial charge in [0, 0.05) is 52.1 Å². The van der Waals surface area contributed by atoms with E-state index in [1.807, 2.05) is 79.3 Å². The minimum atomic E-state index is -1.43. The predicted molar refractivity (Wildman–Crippen MR) is 194 cm³/mol. The van der Waals surface area contributed by atoms with Gasteiger partial charge in [-0.25, -0.2) is 9.37 Å². The lowest BCUT2D eigenvalue weighted by Gasteiger charge is -2.12. The summed E-state index contributed by atoms with van der Waals surface area (Å²) >= 11 is 0. The van der Waals surface area contributed by atoms with Crippen LogP contribution in [-0.4, -0.2) is 43.1 Å². The fraction of sp³-hybridized carbons (Fsp3) is 0.0541. The van der Waals surface area contributed by atoms with Crippen LogP contribution in [-0.2, 0) is 6.54 Å². The summed E-state index contributed by atoms with van der Waals surface area (Å²) in [6.45, 7) is 4.67. The lowest BCUT2D eigenvalue weighted by molar-refractivity contribution is 0.625. The first kappa shape index (κ1) is 29.2. The normalized spacial score (nSPS) is 11.7. The van der Waals surface area contributed by atoms with Crippen molar-refractivity contribution in [2.24, 2.45) is 0 Å². The van der Waals surface area contributed by atoms with Crippen LogP contribution in [0.5, 0.6) is 0 Å². The van der Waals surface area contributed by atoms with Crippen molar-refractivity contribution < 1.29 is 4.39 Å². The molecular weight excluding hydrogens is 594 g/mol. The molecule has 0 saturated heterocycles. The van der Waals surface area contributed by atoms with Crippen LogP contribution in [0.1, 0.15) is 11.1 Å². The molecule has 0 atom stereocenters. The molecule has 9 heteroatoms. The van der Waals surface area contributed by atoms with E-state index in [0.29, 0.717) is 12.2 Å². The first-order valence-electron chi connectivity index (χ1n) is 14.6. The number of aromatic amines is 2. The topological polar surface area (TPSA) is 94.3 Å². The number of nitrogens with one attached hydrogen (secondary N) is 4. The zero-order valence-corrected chi connectivity index (χ0v) is 26.1. The quantitative estimate of drug-likeness (QED) is 0.121. The number of nitrogens with zero attached hydrogens (tertiary/aromatic N) is 3. The molecule has 0 saturated carbocycles. The molecule has 7 nitrogen and oxygen atoms in total. The van der Waals surface area contributed by atoms with Gasteiger partial charge in [-0.3, -0.25) is 14.8 Å². The molecule has 0 unspecified atom stereocenters. The first-order valence-corrected chi connectivity index (χ1v) is 17.0. The van der Waals surface area contributed by atoms with Gasteiger partial charge in [0.2, 0.25) is 0 Å². The van der Waals surface area contributed by atoms with Gasteiger partial charge in [0.15, 0.2) is 5.65 Å². The number of aromatic nitrogens is 5. The Morgan fingerprint density at radius 2 is 1.70 bits per heavy atom. The van der Waals surface area contributed by atoms with E-state index in [4.69, 9.17) is 0 Å². The SMILES string of the molecule is C=C(Nc1cncc(-c2cnc3[nH]nc(-c4cc5c(-c6cc(F)cc(CNS(=C)(=C)C)c6)cccc5[nH]4)c3c2)c1)c1ccccc1. The minimum absolute atomic E-state index is 0.290. The summed E-state index contributed by atoms with van der Waals surface area (Å²) in [5.74, 6) is 7.84. The second-order valence-electron chi connectivity index (χ2n) is 11.5. The highest BCUT2D eigenvalue weighted by molar-refractivity contribution is 8.25. The third-order valence-corrected chi connectivity index (χ3v) is 8.56. The highest BCUT2D eigenvalue weighted by Gasteiger charge is 2.16. The Balaban J connectivity index is 1.22. The summed E-state index contributed by atoms with van der Waals surface area (Å²) < 4.78 is 18.1. The van der Waals surface area contributed by atoms with Crippen LogP contribution >= 0.6 is 9.39 Å². The molecule has 0 aliphatic rings. The molecule has 0 spiro atoms. The lowest BCUT2D eigenvalue weighted by Crippen LogP contribution is -2.08. The van der Waals surface area contributed by atoms with Crippen molar-refractivity contribution in [2.45, 2.75) is 6.54 Å². The Hall–Kier alpha value is -5.51. The second kappa shape index (κ2) is 11.8. The van der Waals surface area contributed by atoms with Gasteiger partial charge in [0.25, 0.3) is 0 Å². The summed E-state index contributed by atoms with van der Waals surface area (Å²) in [5, 5.41) is 12.9. The van der Waals surface area contributed by atoms with E-state index in [0.717, 1.165) is 72.4 Å². The molecule has 4 N–H and O–H groups in total. The third kappa shape index (κ3) is 6.06. The highest BCUT2D eigenvalue weighted by Crippen LogP contribution is 2.35. The molecular formula is C37H32FN7S. The number of H-pyrrole nitrogens is 2. The van der Waals surface area contributed by atoms with Crippen LogP contribution in [0.25, 0.3) is 61.3 Å². The van der Waals surface area contributed by atoms with Crippen LogP contribution in [0.4, 0.5) is 10.1 Å². The maximum absolute atomic E-state index is 14.8. The molecule has 7 aromatic rings. The molecule has 0 aliphatic heterocycles. The van der Waals surface area contributed by atoms with Crippen LogP contribution < -0.4 is 10.0 Å². The number of benzene rings is 3. The summed E-state index contributed by atoms with van der Waals surface area (Å²) in [5.41, 5.74) is 10.1. The lowest BCUT2D eigenvalue weighted by atomic mass is 9.99. The molecule has 0 bridgehead atoms. The Labute approximate surface area is 266 Å². The van der Waals surface area contributed by atoms with Gasteiger partial charge in [-0.05, 0) is 71.0 Å². The Bertz CT molecular complexity index is 2350. The monoisotopic (exact) mass is 625 g/mol. The van der Waals surface area contributed by atoms with Crippen molar-refractivity contribution in [3.63, 3.8) is 0 Å². The van der Waals surface area contributed by atoms with Gasteiger partial charge in [-0.15, -0.1) is 0 Å². The average molecular weight is 626 g/mol. The van der Waals surface area contributed by atoms with Crippen molar-refractivity contribution in [3.05, 3.63) is 127 Å². The molecule has 3 aromatic carbocycles. The maximum atomic E-state index is 14.8. The largest absolute Gasteiger partial charge is 0.354 e. The van der Waals surface area contributed by atoms with Crippen LogP contribution in [0.3, 0.4) is 0 Å².